The summed E-state index contributed by atoms with van der Waals surface area (Å²) in [5.74, 6) is -0.333. The lowest BCUT2D eigenvalue weighted by molar-refractivity contribution is -0.145. The molecule has 3 nitrogen and oxygen atoms in total. The number of rotatable bonds is 1. The number of aryl methyl sites for hydroxylation is 1. The number of hydrogen-bond acceptors (Lipinski definition) is 2. The van der Waals surface area contributed by atoms with Crippen LogP contribution in [0.2, 0.25) is 5.02 Å². The molecule has 1 aromatic carbocycles. The molecule has 0 fully saturated rings. The van der Waals surface area contributed by atoms with Crippen molar-refractivity contribution >= 4 is 33.5 Å². The highest BCUT2D eigenvalue weighted by Gasteiger charge is 2.27. The monoisotopic (exact) mass is 290 g/mol. The lowest BCUT2D eigenvalue weighted by Gasteiger charge is -2.24. The fourth-order valence-corrected chi connectivity index (χ4v) is 2.56. The summed E-state index contributed by atoms with van der Waals surface area (Å²) in [5.41, 5.74) is 0.951. The van der Waals surface area contributed by atoms with Gasteiger partial charge in [-0.1, -0.05) is 11.6 Å². The van der Waals surface area contributed by atoms with Crippen LogP contribution in [-0.2, 0) is 11.2 Å². The van der Waals surface area contributed by atoms with Crippen molar-refractivity contribution < 1.29 is 14.6 Å². The van der Waals surface area contributed by atoms with E-state index >= 15 is 0 Å². The summed E-state index contributed by atoms with van der Waals surface area (Å²) in [6, 6.07) is 3.50. The topological polar surface area (TPSA) is 46.5 Å². The van der Waals surface area contributed by atoms with E-state index in [2.05, 4.69) is 15.9 Å². The second-order valence-electron chi connectivity index (χ2n) is 3.36. The third kappa shape index (κ3) is 2.11. The van der Waals surface area contributed by atoms with Gasteiger partial charge in [0.25, 0.3) is 0 Å². The van der Waals surface area contributed by atoms with Gasteiger partial charge in [-0.25, -0.2) is 4.79 Å². The molecule has 0 aliphatic carbocycles. The van der Waals surface area contributed by atoms with Crippen molar-refractivity contribution in [2.45, 2.75) is 18.9 Å². The summed E-state index contributed by atoms with van der Waals surface area (Å²) >= 11 is 9.19. The first kappa shape index (κ1) is 10.8. The summed E-state index contributed by atoms with van der Waals surface area (Å²) in [5, 5.41) is 9.47. The third-order valence-corrected chi connectivity index (χ3v) is 3.10. The number of halogens is 2. The molecule has 1 aliphatic heterocycles. The standard InChI is InChI=1S/C10H8BrClO3/c11-7-4-6(12)3-5-1-2-8(10(13)14)15-9(5)7/h3-4,8H,1-2H2,(H,13,14). The van der Waals surface area contributed by atoms with Gasteiger partial charge in [-0.2, -0.15) is 0 Å². The van der Waals surface area contributed by atoms with Crippen LogP contribution >= 0.6 is 27.5 Å². The number of ether oxygens (including phenoxy) is 1. The molecule has 80 valence electrons. The summed E-state index contributed by atoms with van der Waals surface area (Å²) < 4.78 is 6.08. The highest BCUT2D eigenvalue weighted by molar-refractivity contribution is 9.10. The van der Waals surface area contributed by atoms with E-state index in [-0.39, 0.29) is 0 Å². The van der Waals surface area contributed by atoms with Crippen LogP contribution in [0.15, 0.2) is 16.6 Å². The van der Waals surface area contributed by atoms with E-state index in [0.29, 0.717) is 28.1 Å². The summed E-state index contributed by atoms with van der Waals surface area (Å²) in [4.78, 5) is 10.8. The quantitative estimate of drug-likeness (QED) is 0.865. The molecular weight excluding hydrogens is 283 g/mol. The van der Waals surface area contributed by atoms with E-state index in [1.165, 1.54) is 0 Å². The van der Waals surface area contributed by atoms with Crippen molar-refractivity contribution in [2.75, 3.05) is 0 Å². The summed E-state index contributed by atoms with van der Waals surface area (Å²) in [6.45, 7) is 0. The molecule has 5 heteroatoms. The van der Waals surface area contributed by atoms with Crippen molar-refractivity contribution in [2.24, 2.45) is 0 Å². The van der Waals surface area contributed by atoms with E-state index in [0.717, 1.165) is 5.56 Å². The Morgan fingerprint density at radius 1 is 1.60 bits per heavy atom. The van der Waals surface area contributed by atoms with Gasteiger partial charge >= 0.3 is 5.97 Å². The second-order valence-corrected chi connectivity index (χ2v) is 4.65. The van der Waals surface area contributed by atoms with Crippen LogP contribution in [0.4, 0.5) is 0 Å². The molecule has 0 saturated heterocycles. The summed E-state index contributed by atoms with van der Waals surface area (Å²) in [7, 11) is 0. The first-order chi connectivity index (χ1) is 7.08. The fourth-order valence-electron chi connectivity index (χ4n) is 1.59. The molecule has 1 atom stereocenters. The van der Waals surface area contributed by atoms with Crippen LogP contribution in [-0.4, -0.2) is 17.2 Å². The first-order valence-electron chi connectivity index (χ1n) is 4.45. The molecule has 2 rings (SSSR count). The van der Waals surface area contributed by atoms with Crippen LogP contribution in [0.3, 0.4) is 0 Å². The maximum atomic E-state index is 10.8. The van der Waals surface area contributed by atoms with Gasteiger partial charge in [0, 0.05) is 5.02 Å². The molecule has 0 aromatic heterocycles. The van der Waals surface area contributed by atoms with E-state index < -0.39 is 12.1 Å². The van der Waals surface area contributed by atoms with Crippen LogP contribution in [0.25, 0.3) is 0 Å². The zero-order valence-corrected chi connectivity index (χ0v) is 10.0. The maximum absolute atomic E-state index is 10.8. The number of benzene rings is 1. The molecule has 0 bridgehead atoms. The number of fused-ring (bicyclic) bond motifs is 1. The van der Waals surface area contributed by atoms with Crippen molar-refractivity contribution in [1.29, 1.82) is 0 Å². The number of carboxylic acids is 1. The van der Waals surface area contributed by atoms with Crippen LogP contribution in [0, 0.1) is 0 Å². The molecule has 0 amide bonds. The van der Waals surface area contributed by atoms with Gasteiger partial charge in [-0.15, -0.1) is 0 Å². The molecule has 0 spiro atoms. The molecule has 0 saturated carbocycles. The average molecular weight is 292 g/mol. The van der Waals surface area contributed by atoms with Crippen LogP contribution < -0.4 is 4.74 Å². The molecule has 1 unspecified atom stereocenters. The Labute approximate surface area is 100 Å². The highest BCUT2D eigenvalue weighted by Crippen LogP contribution is 2.37. The second kappa shape index (κ2) is 4.02. The number of hydrogen-bond donors (Lipinski definition) is 1. The van der Waals surface area contributed by atoms with E-state index in [9.17, 15) is 4.79 Å². The lowest BCUT2D eigenvalue weighted by atomic mass is 10.0. The largest absolute Gasteiger partial charge is 0.479 e. The number of carbonyl (C=O) groups is 1. The Morgan fingerprint density at radius 2 is 2.33 bits per heavy atom. The zero-order chi connectivity index (χ0) is 11.0. The Morgan fingerprint density at radius 3 is 3.00 bits per heavy atom. The van der Waals surface area contributed by atoms with E-state index in [4.69, 9.17) is 21.4 Å². The van der Waals surface area contributed by atoms with Crippen molar-refractivity contribution in [3.63, 3.8) is 0 Å². The molecular formula is C10H8BrClO3. The van der Waals surface area contributed by atoms with Crippen molar-refractivity contribution in [3.05, 3.63) is 27.2 Å². The van der Waals surface area contributed by atoms with Gasteiger partial charge in [0.15, 0.2) is 6.10 Å². The molecule has 0 radical (unpaired) electrons. The Bertz CT molecular complexity index is 419. The Balaban J connectivity index is 2.37. The Kier molecular flexibility index (Phi) is 2.89. The van der Waals surface area contributed by atoms with Gasteiger partial charge in [0.2, 0.25) is 0 Å². The smallest absolute Gasteiger partial charge is 0.344 e. The van der Waals surface area contributed by atoms with E-state index in [1.54, 1.807) is 12.1 Å². The molecule has 15 heavy (non-hydrogen) atoms. The van der Waals surface area contributed by atoms with E-state index in [1.807, 2.05) is 0 Å². The molecule has 1 heterocycles. The van der Waals surface area contributed by atoms with Gasteiger partial charge in [0.1, 0.15) is 5.75 Å². The Hall–Kier alpha value is -0.740. The predicted octanol–water partition coefficient (Wildman–Crippen LogP) is 2.88. The summed E-state index contributed by atoms with van der Waals surface area (Å²) in [6.07, 6.45) is 0.399. The first-order valence-corrected chi connectivity index (χ1v) is 5.62. The maximum Gasteiger partial charge on any atom is 0.344 e. The lowest BCUT2D eigenvalue weighted by Crippen LogP contribution is -2.31. The third-order valence-electron chi connectivity index (χ3n) is 2.30. The number of carboxylic acid groups (broad SMARTS) is 1. The molecule has 1 aliphatic rings. The minimum Gasteiger partial charge on any atom is -0.479 e. The minimum absolute atomic E-state index is 0.481. The van der Waals surface area contributed by atoms with Gasteiger partial charge < -0.3 is 9.84 Å². The van der Waals surface area contributed by atoms with Crippen molar-refractivity contribution in [1.82, 2.24) is 0 Å². The van der Waals surface area contributed by atoms with Gasteiger partial charge in [-0.3, -0.25) is 0 Å². The van der Waals surface area contributed by atoms with Crippen LogP contribution in [0.5, 0.6) is 5.75 Å². The fraction of sp³-hybridized carbons (Fsp3) is 0.300. The normalized spacial score (nSPS) is 19.2. The molecule has 1 aromatic rings. The van der Waals surface area contributed by atoms with Gasteiger partial charge in [-0.05, 0) is 46.5 Å². The SMILES string of the molecule is O=C(O)C1CCc2cc(Cl)cc(Br)c2O1. The highest BCUT2D eigenvalue weighted by atomic mass is 79.9. The minimum atomic E-state index is -0.928. The number of aliphatic carboxylic acids is 1. The van der Waals surface area contributed by atoms with Gasteiger partial charge in [0.05, 0.1) is 4.47 Å². The predicted molar refractivity (Wildman–Crippen MR) is 59.5 cm³/mol. The van der Waals surface area contributed by atoms with Crippen molar-refractivity contribution in [3.8, 4) is 5.75 Å². The van der Waals surface area contributed by atoms with Crippen LogP contribution in [0.1, 0.15) is 12.0 Å². The molecule has 1 N–H and O–H groups in total. The average Bonchev–Trinajstić information content (AvgIpc) is 2.16. The zero-order valence-electron chi connectivity index (χ0n) is 7.67.